The number of nitrogens with two attached hydrogens (primary N) is 1. The van der Waals surface area contributed by atoms with E-state index in [1.807, 2.05) is 0 Å². The van der Waals surface area contributed by atoms with E-state index >= 15 is 0 Å². The molecule has 0 fully saturated rings. The lowest BCUT2D eigenvalue weighted by molar-refractivity contribution is -0.384. The van der Waals surface area contributed by atoms with Crippen LogP contribution in [0.5, 0.6) is 0 Å². The van der Waals surface area contributed by atoms with Gasteiger partial charge in [-0.15, -0.1) is 0 Å². The summed E-state index contributed by atoms with van der Waals surface area (Å²) in [6.45, 7) is 2.45. The Morgan fingerprint density at radius 1 is 1.58 bits per heavy atom. The molecule has 104 valence electrons. The molecule has 3 N–H and O–H groups in total. The van der Waals surface area contributed by atoms with E-state index < -0.39 is 4.92 Å². The summed E-state index contributed by atoms with van der Waals surface area (Å²) in [4.78, 5) is 25.2. The van der Waals surface area contributed by atoms with Crippen LogP contribution in [0.25, 0.3) is 0 Å². The predicted molar refractivity (Wildman–Crippen MR) is 69.7 cm³/mol. The second kappa shape index (κ2) is 7.14. The molecule has 0 saturated carbocycles. The van der Waals surface area contributed by atoms with Crippen LogP contribution in [0.2, 0.25) is 0 Å². The molecular formula is C11H16N4O4. The van der Waals surface area contributed by atoms with Crippen LogP contribution in [0.15, 0.2) is 12.1 Å². The molecule has 0 aliphatic carbocycles. The van der Waals surface area contributed by atoms with E-state index in [-0.39, 0.29) is 29.7 Å². The molecule has 1 aromatic rings. The van der Waals surface area contributed by atoms with Crippen molar-refractivity contribution in [3.63, 3.8) is 0 Å². The zero-order valence-electron chi connectivity index (χ0n) is 10.6. The average Bonchev–Trinajstić information content (AvgIpc) is 2.34. The minimum Gasteiger partial charge on any atom is -0.466 e. The molecule has 0 aromatic carbocycles. The Bertz CT molecular complexity index is 464. The lowest BCUT2D eigenvalue weighted by Gasteiger charge is -2.06. The molecule has 0 radical (unpaired) electrons. The van der Waals surface area contributed by atoms with Crippen molar-refractivity contribution >= 4 is 23.3 Å². The van der Waals surface area contributed by atoms with Crippen molar-refractivity contribution in [2.24, 2.45) is 0 Å². The highest BCUT2D eigenvalue weighted by molar-refractivity contribution is 5.69. The number of nitro groups is 1. The number of hydrogen-bond acceptors (Lipinski definition) is 7. The van der Waals surface area contributed by atoms with Crippen LogP contribution in [-0.4, -0.2) is 29.0 Å². The Kier molecular flexibility index (Phi) is 5.52. The molecular weight excluding hydrogens is 252 g/mol. The maximum absolute atomic E-state index is 11.1. The van der Waals surface area contributed by atoms with E-state index in [1.165, 1.54) is 12.1 Å². The molecule has 0 aliphatic rings. The standard InChI is InChI=1S/C11H16N4O4/c1-2-19-10(16)4-3-7-13-11-8(15(17)18)5-6-9(12)14-11/h5-6H,2-4,7H2,1H3,(H3,12,13,14). The van der Waals surface area contributed by atoms with Crippen molar-refractivity contribution < 1.29 is 14.5 Å². The fourth-order valence-electron chi connectivity index (χ4n) is 1.42. The third-order valence-corrected chi connectivity index (χ3v) is 2.25. The first-order chi connectivity index (χ1) is 9.04. The molecule has 0 atom stereocenters. The van der Waals surface area contributed by atoms with Crippen LogP contribution in [0.3, 0.4) is 0 Å². The van der Waals surface area contributed by atoms with Crippen molar-refractivity contribution in [3.05, 3.63) is 22.2 Å². The third-order valence-electron chi connectivity index (χ3n) is 2.25. The zero-order chi connectivity index (χ0) is 14.3. The quantitative estimate of drug-likeness (QED) is 0.331. The van der Waals surface area contributed by atoms with Crippen LogP contribution in [-0.2, 0) is 9.53 Å². The number of aromatic nitrogens is 1. The minimum absolute atomic E-state index is 0.105. The van der Waals surface area contributed by atoms with Crippen LogP contribution >= 0.6 is 0 Å². The summed E-state index contributed by atoms with van der Waals surface area (Å²) in [5.74, 6) is 0.00619. The molecule has 1 aromatic heterocycles. The van der Waals surface area contributed by atoms with Gasteiger partial charge in [-0.25, -0.2) is 4.98 Å². The summed E-state index contributed by atoms with van der Waals surface area (Å²) < 4.78 is 4.76. The molecule has 0 saturated heterocycles. The van der Waals surface area contributed by atoms with Crippen molar-refractivity contribution in [1.82, 2.24) is 4.98 Å². The monoisotopic (exact) mass is 268 g/mol. The summed E-state index contributed by atoms with van der Waals surface area (Å²) in [5.41, 5.74) is 5.32. The van der Waals surface area contributed by atoms with Crippen molar-refractivity contribution in [1.29, 1.82) is 0 Å². The van der Waals surface area contributed by atoms with Gasteiger partial charge in [-0.3, -0.25) is 14.9 Å². The number of ether oxygens (including phenoxy) is 1. The summed E-state index contributed by atoms with van der Waals surface area (Å²) in [6, 6.07) is 2.65. The van der Waals surface area contributed by atoms with Crippen LogP contribution in [0, 0.1) is 10.1 Å². The first-order valence-electron chi connectivity index (χ1n) is 5.85. The number of pyridine rings is 1. The molecule has 0 unspecified atom stereocenters. The predicted octanol–water partition coefficient (Wildman–Crippen LogP) is 1.33. The van der Waals surface area contributed by atoms with Gasteiger partial charge < -0.3 is 15.8 Å². The normalized spacial score (nSPS) is 9.95. The van der Waals surface area contributed by atoms with Gasteiger partial charge in [-0.05, 0) is 19.4 Å². The van der Waals surface area contributed by atoms with Gasteiger partial charge in [0.15, 0.2) is 0 Å². The lowest BCUT2D eigenvalue weighted by atomic mass is 10.3. The number of rotatable bonds is 7. The van der Waals surface area contributed by atoms with Crippen molar-refractivity contribution in [3.8, 4) is 0 Å². The Morgan fingerprint density at radius 3 is 2.95 bits per heavy atom. The number of hydrogen-bond donors (Lipinski definition) is 2. The van der Waals surface area contributed by atoms with Gasteiger partial charge in [0.2, 0.25) is 5.82 Å². The SMILES string of the molecule is CCOC(=O)CCCNc1nc(N)ccc1[N+](=O)[O-]. The summed E-state index contributed by atoms with van der Waals surface area (Å²) in [6.07, 6.45) is 0.740. The highest BCUT2D eigenvalue weighted by Crippen LogP contribution is 2.22. The van der Waals surface area contributed by atoms with Gasteiger partial charge in [-0.2, -0.15) is 0 Å². The molecule has 0 spiro atoms. The maximum Gasteiger partial charge on any atom is 0.311 e. The molecule has 0 bridgehead atoms. The van der Waals surface area contributed by atoms with E-state index in [1.54, 1.807) is 6.92 Å². The second-order valence-corrected chi connectivity index (χ2v) is 3.70. The van der Waals surface area contributed by atoms with Gasteiger partial charge >= 0.3 is 11.7 Å². The molecule has 1 heterocycles. The number of anilines is 2. The summed E-state index contributed by atoms with van der Waals surface area (Å²) >= 11 is 0. The summed E-state index contributed by atoms with van der Waals surface area (Å²) in [5, 5.41) is 13.6. The Hall–Kier alpha value is -2.38. The van der Waals surface area contributed by atoms with Gasteiger partial charge in [0.25, 0.3) is 0 Å². The van der Waals surface area contributed by atoms with E-state index in [2.05, 4.69) is 10.3 Å². The van der Waals surface area contributed by atoms with Gasteiger partial charge in [0.1, 0.15) is 5.82 Å². The maximum atomic E-state index is 11.1. The van der Waals surface area contributed by atoms with Gasteiger partial charge in [0.05, 0.1) is 11.5 Å². The number of esters is 1. The number of carbonyl (C=O) groups is 1. The molecule has 1 rings (SSSR count). The summed E-state index contributed by atoms with van der Waals surface area (Å²) in [7, 11) is 0. The van der Waals surface area contributed by atoms with E-state index in [0.717, 1.165) is 0 Å². The topological polar surface area (TPSA) is 120 Å². The molecule has 8 heteroatoms. The number of nitrogens with one attached hydrogen (secondary N) is 1. The Labute approximate surface area is 110 Å². The molecule has 0 aliphatic heterocycles. The molecule has 8 nitrogen and oxygen atoms in total. The van der Waals surface area contributed by atoms with Crippen molar-refractivity contribution in [2.45, 2.75) is 19.8 Å². The van der Waals surface area contributed by atoms with E-state index in [9.17, 15) is 14.9 Å². The Morgan fingerprint density at radius 2 is 2.32 bits per heavy atom. The molecule has 0 amide bonds. The van der Waals surface area contributed by atoms with Crippen molar-refractivity contribution in [2.75, 3.05) is 24.2 Å². The minimum atomic E-state index is -0.542. The fourth-order valence-corrected chi connectivity index (χ4v) is 1.42. The Balaban J connectivity index is 2.51. The van der Waals surface area contributed by atoms with Gasteiger partial charge in [-0.1, -0.05) is 0 Å². The first-order valence-corrected chi connectivity index (χ1v) is 5.85. The van der Waals surface area contributed by atoms with E-state index in [0.29, 0.717) is 19.6 Å². The second-order valence-electron chi connectivity index (χ2n) is 3.70. The first kappa shape index (κ1) is 14.7. The number of nitrogens with zero attached hydrogens (tertiary/aromatic N) is 2. The highest BCUT2D eigenvalue weighted by Gasteiger charge is 2.14. The smallest absolute Gasteiger partial charge is 0.311 e. The van der Waals surface area contributed by atoms with Crippen LogP contribution in [0.1, 0.15) is 19.8 Å². The third kappa shape index (κ3) is 4.78. The van der Waals surface area contributed by atoms with E-state index in [4.69, 9.17) is 10.5 Å². The van der Waals surface area contributed by atoms with Crippen LogP contribution in [0.4, 0.5) is 17.3 Å². The largest absolute Gasteiger partial charge is 0.466 e. The highest BCUT2D eigenvalue weighted by atomic mass is 16.6. The average molecular weight is 268 g/mol. The number of nitrogen functional groups attached to an aromatic ring is 1. The van der Waals surface area contributed by atoms with Crippen LogP contribution < -0.4 is 11.1 Å². The molecule has 19 heavy (non-hydrogen) atoms. The fraction of sp³-hybridized carbons (Fsp3) is 0.455. The zero-order valence-corrected chi connectivity index (χ0v) is 10.6. The van der Waals surface area contributed by atoms with Gasteiger partial charge in [0, 0.05) is 19.0 Å². The lowest BCUT2D eigenvalue weighted by Crippen LogP contribution is -2.10. The number of carbonyl (C=O) groups excluding carboxylic acids is 1.